The zero-order chi connectivity index (χ0) is 12.5. The van der Waals surface area contributed by atoms with Crippen LogP contribution in [0, 0.1) is 5.82 Å². The van der Waals surface area contributed by atoms with Crippen molar-refractivity contribution in [2.24, 2.45) is 0 Å². The maximum absolute atomic E-state index is 13.5. The number of rotatable bonds is 2. The number of benzene rings is 2. The van der Waals surface area contributed by atoms with Crippen LogP contribution in [-0.4, -0.2) is 15.0 Å². The maximum Gasteiger partial charge on any atom is 0.125 e. The van der Waals surface area contributed by atoms with Crippen LogP contribution in [0.4, 0.5) is 4.39 Å². The van der Waals surface area contributed by atoms with Crippen LogP contribution in [0.1, 0.15) is 5.56 Å². The van der Waals surface area contributed by atoms with Gasteiger partial charge in [0.25, 0.3) is 0 Å². The van der Waals surface area contributed by atoms with Crippen molar-refractivity contribution in [2.75, 3.05) is 0 Å². The third kappa shape index (κ3) is 1.84. The van der Waals surface area contributed by atoms with Crippen LogP contribution in [0.15, 0.2) is 42.5 Å². The smallest absolute Gasteiger partial charge is 0.125 e. The fraction of sp³-hybridized carbons (Fsp3) is 0.0769. The number of alkyl halides is 1. The summed E-state index contributed by atoms with van der Waals surface area (Å²) < 4.78 is 15.1. The average molecular weight is 262 g/mol. The first-order valence-electron chi connectivity index (χ1n) is 5.44. The lowest BCUT2D eigenvalue weighted by atomic mass is 10.2. The summed E-state index contributed by atoms with van der Waals surface area (Å²) in [5.74, 6) is -0.0695. The van der Waals surface area contributed by atoms with E-state index in [1.807, 2.05) is 24.3 Å². The Morgan fingerprint density at radius 3 is 2.83 bits per heavy atom. The Labute approximate surface area is 108 Å². The first kappa shape index (κ1) is 11.2. The van der Waals surface area contributed by atoms with Crippen LogP contribution < -0.4 is 0 Å². The fourth-order valence-corrected chi connectivity index (χ4v) is 2.05. The molecule has 0 unspecified atom stereocenters. The Morgan fingerprint density at radius 1 is 1.17 bits per heavy atom. The van der Waals surface area contributed by atoms with Crippen LogP contribution in [0.2, 0.25) is 0 Å². The SMILES string of the molecule is Fc1cc(CCl)cc(-n2nnc3ccccc32)c1. The second-order valence-electron chi connectivity index (χ2n) is 3.94. The van der Waals surface area contributed by atoms with Gasteiger partial charge in [-0.3, -0.25) is 0 Å². The number of aromatic nitrogens is 3. The molecule has 0 aliphatic rings. The minimum atomic E-state index is -0.331. The Hall–Kier alpha value is -1.94. The lowest BCUT2D eigenvalue weighted by Crippen LogP contribution is -1.98. The van der Waals surface area contributed by atoms with Gasteiger partial charge in [-0.1, -0.05) is 17.3 Å². The minimum absolute atomic E-state index is 0.261. The molecule has 0 fully saturated rings. The molecule has 2 aromatic carbocycles. The molecule has 0 saturated carbocycles. The summed E-state index contributed by atoms with van der Waals surface area (Å²) in [4.78, 5) is 0. The van der Waals surface area contributed by atoms with E-state index < -0.39 is 0 Å². The Morgan fingerprint density at radius 2 is 2.00 bits per heavy atom. The molecular formula is C13H9ClFN3. The van der Waals surface area contributed by atoms with Gasteiger partial charge in [-0.05, 0) is 35.9 Å². The molecule has 3 rings (SSSR count). The predicted molar refractivity (Wildman–Crippen MR) is 68.4 cm³/mol. The van der Waals surface area contributed by atoms with E-state index in [0.717, 1.165) is 11.0 Å². The van der Waals surface area contributed by atoms with Gasteiger partial charge in [0, 0.05) is 5.88 Å². The van der Waals surface area contributed by atoms with E-state index in [1.165, 1.54) is 12.1 Å². The third-order valence-corrected chi connectivity index (χ3v) is 3.00. The lowest BCUT2D eigenvalue weighted by molar-refractivity contribution is 0.623. The molecule has 90 valence electrons. The van der Waals surface area contributed by atoms with Crippen molar-refractivity contribution in [2.45, 2.75) is 5.88 Å². The molecule has 5 heteroatoms. The molecule has 18 heavy (non-hydrogen) atoms. The molecule has 3 aromatic rings. The maximum atomic E-state index is 13.5. The number of hydrogen-bond donors (Lipinski definition) is 0. The summed E-state index contributed by atoms with van der Waals surface area (Å²) in [5, 5.41) is 8.08. The highest BCUT2D eigenvalue weighted by Gasteiger charge is 2.08. The van der Waals surface area contributed by atoms with Crippen LogP contribution in [-0.2, 0) is 5.88 Å². The zero-order valence-corrected chi connectivity index (χ0v) is 10.1. The molecule has 0 N–H and O–H groups in total. The van der Waals surface area contributed by atoms with Gasteiger partial charge in [0.05, 0.1) is 11.2 Å². The van der Waals surface area contributed by atoms with Crippen molar-refractivity contribution in [1.29, 1.82) is 0 Å². The largest absolute Gasteiger partial charge is 0.213 e. The Bertz CT molecular complexity index is 708. The van der Waals surface area contributed by atoms with Crippen LogP contribution in [0.25, 0.3) is 16.7 Å². The zero-order valence-electron chi connectivity index (χ0n) is 9.35. The van der Waals surface area contributed by atoms with E-state index in [9.17, 15) is 4.39 Å². The summed E-state index contributed by atoms with van der Waals surface area (Å²) in [6.07, 6.45) is 0. The molecule has 1 heterocycles. The van der Waals surface area contributed by atoms with Crippen molar-refractivity contribution < 1.29 is 4.39 Å². The molecule has 0 atom stereocenters. The van der Waals surface area contributed by atoms with E-state index in [0.29, 0.717) is 11.3 Å². The van der Waals surface area contributed by atoms with Gasteiger partial charge >= 0.3 is 0 Å². The topological polar surface area (TPSA) is 30.7 Å². The van der Waals surface area contributed by atoms with Crippen LogP contribution >= 0.6 is 11.6 Å². The van der Waals surface area contributed by atoms with Crippen molar-refractivity contribution in [1.82, 2.24) is 15.0 Å². The molecule has 0 amide bonds. The van der Waals surface area contributed by atoms with Gasteiger partial charge < -0.3 is 0 Å². The number of nitrogens with zero attached hydrogens (tertiary/aromatic N) is 3. The number of halogens is 2. The summed E-state index contributed by atoms with van der Waals surface area (Å²) in [5.41, 5.74) is 2.95. The van der Waals surface area contributed by atoms with E-state index in [-0.39, 0.29) is 11.7 Å². The van der Waals surface area contributed by atoms with E-state index >= 15 is 0 Å². The first-order valence-corrected chi connectivity index (χ1v) is 5.97. The highest BCUT2D eigenvalue weighted by Crippen LogP contribution is 2.19. The van der Waals surface area contributed by atoms with Crippen molar-refractivity contribution in [3.63, 3.8) is 0 Å². The van der Waals surface area contributed by atoms with Crippen molar-refractivity contribution in [3.05, 3.63) is 53.8 Å². The van der Waals surface area contributed by atoms with Crippen LogP contribution in [0.3, 0.4) is 0 Å². The molecular weight excluding hydrogens is 253 g/mol. The quantitative estimate of drug-likeness (QED) is 0.663. The molecule has 3 nitrogen and oxygen atoms in total. The number of fused-ring (bicyclic) bond motifs is 1. The second-order valence-corrected chi connectivity index (χ2v) is 4.21. The van der Waals surface area contributed by atoms with Gasteiger partial charge in [0.15, 0.2) is 0 Å². The minimum Gasteiger partial charge on any atom is -0.213 e. The van der Waals surface area contributed by atoms with E-state index in [4.69, 9.17) is 11.6 Å². The third-order valence-electron chi connectivity index (χ3n) is 2.69. The standard InChI is InChI=1S/C13H9ClFN3/c14-8-9-5-10(15)7-11(6-9)18-13-4-2-1-3-12(13)16-17-18/h1-7H,8H2. The first-order chi connectivity index (χ1) is 8.78. The van der Waals surface area contributed by atoms with E-state index in [1.54, 1.807) is 10.7 Å². The molecule has 0 bridgehead atoms. The second kappa shape index (κ2) is 4.38. The summed E-state index contributed by atoms with van der Waals surface area (Å²) in [6.45, 7) is 0. The molecule has 0 saturated heterocycles. The summed E-state index contributed by atoms with van der Waals surface area (Å²) >= 11 is 5.74. The summed E-state index contributed by atoms with van der Waals surface area (Å²) in [7, 11) is 0. The van der Waals surface area contributed by atoms with Gasteiger partial charge in [-0.25, -0.2) is 9.07 Å². The van der Waals surface area contributed by atoms with Crippen molar-refractivity contribution >= 4 is 22.6 Å². The highest BCUT2D eigenvalue weighted by molar-refractivity contribution is 6.17. The average Bonchev–Trinajstić information content (AvgIpc) is 2.81. The normalized spacial score (nSPS) is 11.0. The summed E-state index contributed by atoms with van der Waals surface area (Å²) in [6, 6.07) is 12.2. The molecule has 1 aromatic heterocycles. The van der Waals surface area contributed by atoms with E-state index in [2.05, 4.69) is 10.3 Å². The monoisotopic (exact) mass is 261 g/mol. The Balaban J connectivity index is 2.22. The molecule has 0 aliphatic carbocycles. The Kier molecular flexibility index (Phi) is 2.72. The van der Waals surface area contributed by atoms with Crippen molar-refractivity contribution in [3.8, 4) is 5.69 Å². The fourth-order valence-electron chi connectivity index (χ4n) is 1.89. The van der Waals surface area contributed by atoms with Gasteiger partial charge in [0.1, 0.15) is 11.3 Å². The van der Waals surface area contributed by atoms with Gasteiger partial charge in [0.2, 0.25) is 0 Å². The lowest BCUT2D eigenvalue weighted by Gasteiger charge is -2.04. The van der Waals surface area contributed by atoms with Gasteiger partial charge in [-0.15, -0.1) is 16.7 Å². The highest BCUT2D eigenvalue weighted by atomic mass is 35.5. The molecule has 0 radical (unpaired) electrons. The van der Waals surface area contributed by atoms with Gasteiger partial charge in [-0.2, -0.15) is 0 Å². The molecule has 0 spiro atoms. The number of para-hydroxylation sites is 1. The van der Waals surface area contributed by atoms with Crippen LogP contribution in [0.5, 0.6) is 0 Å². The predicted octanol–water partition coefficient (Wildman–Crippen LogP) is 3.30. The number of hydrogen-bond acceptors (Lipinski definition) is 2. The molecule has 0 aliphatic heterocycles.